The number of rotatable bonds is 5. The van der Waals surface area contributed by atoms with Crippen LogP contribution in [0.1, 0.15) is 17.2 Å². The molecule has 0 saturated heterocycles. The minimum absolute atomic E-state index is 0.757. The van der Waals surface area contributed by atoms with Crippen molar-refractivity contribution in [2.45, 2.75) is 24.1 Å². The molecule has 2 aromatic rings. The predicted molar refractivity (Wildman–Crippen MR) is 80.5 cm³/mol. The molecule has 1 aromatic carbocycles. The van der Waals surface area contributed by atoms with Crippen molar-refractivity contribution < 1.29 is 0 Å². The van der Waals surface area contributed by atoms with E-state index < -0.39 is 0 Å². The second-order valence-corrected chi connectivity index (χ2v) is 5.68. The fraction of sp³-hybridized carbons (Fsp3) is 0.286. The number of nitrogens with zero attached hydrogens (tertiary/aromatic N) is 2. The summed E-state index contributed by atoms with van der Waals surface area (Å²) in [6, 6.07) is 9.82. The molecule has 19 heavy (non-hydrogen) atoms. The zero-order valence-electron chi connectivity index (χ0n) is 11.0. The molecule has 0 atom stereocenters. The molecule has 0 aliphatic heterocycles. The first-order chi connectivity index (χ1) is 9.17. The Balaban J connectivity index is 2.04. The maximum absolute atomic E-state index is 5.86. The van der Waals surface area contributed by atoms with Gasteiger partial charge in [0.05, 0.1) is 11.4 Å². The largest absolute Gasteiger partial charge is 0.314 e. The molecule has 0 unspecified atom stereocenters. The summed E-state index contributed by atoms with van der Waals surface area (Å²) in [7, 11) is 1.92. The van der Waals surface area contributed by atoms with Crippen molar-refractivity contribution >= 4 is 23.4 Å². The molecule has 1 aromatic heterocycles. The van der Waals surface area contributed by atoms with E-state index in [1.165, 1.54) is 4.90 Å². The van der Waals surface area contributed by atoms with Gasteiger partial charge in [-0.05, 0) is 44.3 Å². The van der Waals surface area contributed by atoms with E-state index in [0.29, 0.717) is 0 Å². The molecule has 0 aliphatic carbocycles. The number of halogens is 1. The van der Waals surface area contributed by atoms with Gasteiger partial charge in [0.15, 0.2) is 0 Å². The van der Waals surface area contributed by atoms with Crippen LogP contribution < -0.4 is 5.32 Å². The van der Waals surface area contributed by atoms with Crippen LogP contribution in [0, 0.1) is 6.92 Å². The van der Waals surface area contributed by atoms with Crippen molar-refractivity contribution in [3.05, 3.63) is 52.6 Å². The van der Waals surface area contributed by atoms with Crippen LogP contribution in [-0.4, -0.2) is 17.0 Å². The Labute approximate surface area is 122 Å². The lowest BCUT2D eigenvalue weighted by molar-refractivity contribution is 0.773. The third kappa shape index (κ3) is 4.49. The summed E-state index contributed by atoms with van der Waals surface area (Å²) in [5, 5.41) is 3.86. The Morgan fingerprint density at radius 1 is 1.21 bits per heavy atom. The highest BCUT2D eigenvalue weighted by molar-refractivity contribution is 7.98. The van der Waals surface area contributed by atoms with E-state index in [2.05, 4.69) is 15.3 Å². The van der Waals surface area contributed by atoms with Gasteiger partial charge in [-0.3, -0.25) is 0 Å². The lowest BCUT2D eigenvalue weighted by Gasteiger charge is -2.06. The lowest BCUT2D eigenvalue weighted by atomic mass is 10.3. The highest BCUT2D eigenvalue weighted by Crippen LogP contribution is 2.23. The number of nitrogens with one attached hydrogen (secondary N) is 1. The van der Waals surface area contributed by atoms with Crippen molar-refractivity contribution in [2.24, 2.45) is 0 Å². The van der Waals surface area contributed by atoms with Crippen molar-refractivity contribution in [1.29, 1.82) is 0 Å². The maximum Gasteiger partial charge on any atom is 0.139 e. The van der Waals surface area contributed by atoms with Gasteiger partial charge in [0, 0.05) is 22.2 Å². The molecule has 2 rings (SSSR count). The predicted octanol–water partition coefficient (Wildman–Crippen LogP) is 3.45. The molecular weight excluding hydrogens is 278 g/mol. The first-order valence-electron chi connectivity index (χ1n) is 6.04. The normalized spacial score (nSPS) is 10.7. The second kappa shape index (κ2) is 6.89. The van der Waals surface area contributed by atoms with Gasteiger partial charge < -0.3 is 5.32 Å². The molecule has 3 nitrogen and oxygen atoms in total. The van der Waals surface area contributed by atoms with Crippen LogP contribution in [0.3, 0.4) is 0 Å². The van der Waals surface area contributed by atoms with Crippen molar-refractivity contribution in [3.63, 3.8) is 0 Å². The second-order valence-electron chi connectivity index (χ2n) is 4.19. The number of hydrogen-bond donors (Lipinski definition) is 1. The fourth-order valence-electron chi connectivity index (χ4n) is 1.71. The van der Waals surface area contributed by atoms with Gasteiger partial charge in [-0.15, -0.1) is 11.8 Å². The lowest BCUT2D eigenvalue weighted by Crippen LogP contribution is -2.09. The third-order valence-corrected chi connectivity index (χ3v) is 3.75. The summed E-state index contributed by atoms with van der Waals surface area (Å²) in [4.78, 5) is 10.2. The zero-order valence-corrected chi connectivity index (χ0v) is 12.6. The van der Waals surface area contributed by atoms with Crippen molar-refractivity contribution in [2.75, 3.05) is 7.05 Å². The molecule has 5 heteroatoms. The van der Waals surface area contributed by atoms with Crippen molar-refractivity contribution in [3.8, 4) is 0 Å². The molecule has 0 fully saturated rings. The Morgan fingerprint density at radius 3 is 2.63 bits per heavy atom. The molecule has 100 valence electrons. The van der Waals surface area contributed by atoms with E-state index in [4.69, 9.17) is 11.6 Å². The van der Waals surface area contributed by atoms with E-state index in [1.54, 1.807) is 11.8 Å². The number of aromatic nitrogens is 2. The van der Waals surface area contributed by atoms with Crippen LogP contribution in [0.5, 0.6) is 0 Å². The topological polar surface area (TPSA) is 37.8 Å². The van der Waals surface area contributed by atoms with Gasteiger partial charge in [0.25, 0.3) is 0 Å². The number of hydrogen-bond acceptors (Lipinski definition) is 4. The number of thioether (sulfide) groups is 1. The molecule has 1 heterocycles. The average molecular weight is 294 g/mol. The molecule has 0 bridgehead atoms. The molecule has 0 aliphatic rings. The molecule has 0 amide bonds. The monoisotopic (exact) mass is 293 g/mol. The summed E-state index contributed by atoms with van der Waals surface area (Å²) in [5.41, 5.74) is 2.04. The smallest absolute Gasteiger partial charge is 0.139 e. The standard InChI is InChI=1S/C14H16ClN3S/c1-10-7-12(8-16-2)18-14(17-10)9-19-13-5-3-11(15)4-6-13/h3-7,16H,8-9H2,1-2H3. The van der Waals surface area contributed by atoms with Crippen LogP contribution in [0.25, 0.3) is 0 Å². The first-order valence-corrected chi connectivity index (χ1v) is 7.40. The van der Waals surface area contributed by atoms with E-state index in [9.17, 15) is 0 Å². The fourth-order valence-corrected chi connectivity index (χ4v) is 2.59. The van der Waals surface area contributed by atoms with E-state index in [-0.39, 0.29) is 0 Å². The number of benzene rings is 1. The van der Waals surface area contributed by atoms with Crippen LogP contribution in [-0.2, 0) is 12.3 Å². The SMILES string of the molecule is CNCc1cc(C)nc(CSc2ccc(Cl)cc2)n1. The minimum Gasteiger partial charge on any atom is -0.314 e. The summed E-state index contributed by atoms with van der Waals surface area (Å²) < 4.78 is 0. The minimum atomic E-state index is 0.757. The van der Waals surface area contributed by atoms with Crippen LogP contribution in [0.15, 0.2) is 35.2 Å². The van der Waals surface area contributed by atoms with Gasteiger partial charge >= 0.3 is 0 Å². The number of aryl methyl sites for hydroxylation is 1. The Hall–Kier alpha value is -1.10. The van der Waals surface area contributed by atoms with E-state index in [1.807, 2.05) is 44.3 Å². The summed E-state index contributed by atoms with van der Waals surface area (Å²) in [5.74, 6) is 1.63. The summed E-state index contributed by atoms with van der Waals surface area (Å²) in [6.07, 6.45) is 0. The van der Waals surface area contributed by atoms with Crippen LogP contribution >= 0.6 is 23.4 Å². The molecule has 0 spiro atoms. The maximum atomic E-state index is 5.86. The highest BCUT2D eigenvalue weighted by atomic mass is 35.5. The molecule has 0 saturated carbocycles. The van der Waals surface area contributed by atoms with Crippen LogP contribution in [0.4, 0.5) is 0 Å². The van der Waals surface area contributed by atoms with Gasteiger partial charge in [-0.25, -0.2) is 9.97 Å². The van der Waals surface area contributed by atoms with Gasteiger partial charge in [-0.1, -0.05) is 11.6 Å². The highest BCUT2D eigenvalue weighted by Gasteiger charge is 2.03. The third-order valence-electron chi connectivity index (χ3n) is 2.49. The van der Waals surface area contributed by atoms with E-state index in [0.717, 1.165) is 34.5 Å². The van der Waals surface area contributed by atoms with Crippen molar-refractivity contribution in [1.82, 2.24) is 15.3 Å². The Morgan fingerprint density at radius 2 is 1.95 bits per heavy atom. The quantitative estimate of drug-likeness (QED) is 0.857. The average Bonchev–Trinajstić information content (AvgIpc) is 2.38. The Bertz CT molecular complexity index is 543. The molecular formula is C14H16ClN3S. The van der Waals surface area contributed by atoms with Crippen LogP contribution in [0.2, 0.25) is 5.02 Å². The Kier molecular flexibility index (Phi) is 5.19. The zero-order chi connectivity index (χ0) is 13.7. The molecule has 0 radical (unpaired) electrons. The summed E-state index contributed by atoms with van der Waals surface area (Å²) in [6.45, 7) is 2.76. The summed E-state index contributed by atoms with van der Waals surface area (Å²) >= 11 is 7.58. The van der Waals surface area contributed by atoms with E-state index >= 15 is 0 Å². The molecule has 1 N–H and O–H groups in total. The first kappa shape index (κ1) is 14.3. The van der Waals surface area contributed by atoms with Gasteiger partial charge in [-0.2, -0.15) is 0 Å². The van der Waals surface area contributed by atoms with Gasteiger partial charge in [0.1, 0.15) is 5.82 Å². The van der Waals surface area contributed by atoms with Gasteiger partial charge in [0.2, 0.25) is 0 Å².